The van der Waals surface area contributed by atoms with Gasteiger partial charge in [-0.3, -0.25) is 4.79 Å². The lowest BCUT2D eigenvalue weighted by Gasteiger charge is -2.48. The highest BCUT2D eigenvalue weighted by Gasteiger charge is 2.43. The minimum absolute atomic E-state index is 0.0415. The van der Waals surface area contributed by atoms with Crippen LogP contribution in [-0.2, 0) is 4.79 Å². The predicted molar refractivity (Wildman–Crippen MR) is 127 cm³/mol. The average Bonchev–Trinajstić information content (AvgIpc) is 3.30. The monoisotopic (exact) mass is 497 g/mol. The molecule has 3 atom stereocenters. The van der Waals surface area contributed by atoms with E-state index in [1.54, 1.807) is 19.5 Å². The molecule has 9 heteroatoms. The Bertz CT molecular complexity index is 1330. The van der Waals surface area contributed by atoms with Gasteiger partial charge < -0.3 is 19.3 Å². The number of carbonyl (C=O) groups is 1. The summed E-state index contributed by atoms with van der Waals surface area (Å²) in [5.74, 6) is -3.98. The van der Waals surface area contributed by atoms with Crippen LogP contribution in [0.4, 0.5) is 13.2 Å². The predicted octanol–water partition coefficient (Wildman–Crippen LogP) is 4.88. The van der Waals surface area contributed by atoms with Gasteiger partial charge in [0.25, 0.3) is 5.91 Å². The zero-order chi connectivity index (χ0) is 25.6. The minimum atomic E-state index is -1.57. The Morgan fingerprint density at radius 1 is 1.11 bits per heavy atom. The van der Waals surface area contributed by atoms with E-state index in [0.717, 1.165) is 29.1 Å². The van der Waals surface area contributed by atoms with Crippen molar-refractivity contribution in [3.63, 3.8) is 0 Å². The normalized spacial score (nSPS) is 23.2. The van der Waals surface area contributed by atoms with Gasteiger partial charge in [-0.25, -0.2) is 18.2 Å². The van der Waals surface area contributed by atoms with Gasteiger partial charge in [-0.1, -0.05) is 6.07 Å². The van der Waals surface area contributed by atoms with E-state index in [4.69, 9.17) is 4.74 Å². The zero-order valence-corrected chi connectivity index (χ0v) is 19.9. The summed E-state index contributed by atoms with van der Waals surface area (Å²) in [6.07, 6.45) is 6.46. The summed E-state index contributed by atoms with van der Waals surface area (Å²) in [6.45, 7) is 1.89. The molecule has 36 heavy (non-hydrogen) atoms. The van der Waals surface area contributed by atoms with Crippen LogP contribution in [0.5, 0.6) is 5.75 Å². The van der Waals surface area contributed by atoms with E-state index in [9.17, 15) is 23.1 Å². The molecule has 1 amide bonds. The Kier molecular flexibility index (Phi) is 6.34. The summed E-state index contributed by atoms with van der Waals surface area (Å²) in [4.78, 5) is 19.4. The molecule has 3 heterocycles. The van der Waals surface area contributed by atoms with E-state index in [1.807, 2.05) is 35.9 Å². The third-order valence-electron chi connectivity index (χ3n) is 6.99. The van der Waals surface area contributed by atoms with Gasteiger partial charge in [-0.05, 0) is 74.1 Å². The molecule has 0 unspecified atom stereocenters. The van der Waals surface area contributed by atoms with Crippen LogP contribution in [0.2, 0.25) is 0 Å². The average molecular weight is 498 g/mol. The number of hydrogen-bond donors (Lipinski definition) is 1. The first kappa shape index (κ1) is 24.1. The molecule has 0 aliphatic carbocycles. The highest BCUT2D eigenvalue weighted by Crippen LogP contribution is 2.41. The zero-order valence-electron chi connectivity index (χ0n) is 19.9. The number of rotatable bonds is 4. The summed E-state index contributed by atoms with van der Waals surface area (Å²) < 4.78 is 49.0. The number of benzene rings is 2. The van der Waals surface area contributed by atoms with Crippen LogP contribution in [0.15, 0.2) is 48.4 Å². The SMILES string of the molecule is COc1cc(/C=C2\CC[C@H]3CC[C@H](O)[C@H](c4cc(F)c(F)c(F)c4)N3C2=O)ccc1-n1cnc(C)c1. The molecule has 1 aromatic heterocycles. The fraction of sp³-hybridized carbons (Fsp3) is 0.333. The van der Waals surface area contributed by atoms with E-state index < -0.39 is 29.6 Å². The number of piperidine rings is 2. The molecular weight excluding hydrogens is 471 g/mol. The van der Waals surface area contributed by atoms with Crippen LogP contribution in [0, 0.1) is 24.4 Å². The van der Waals surface area contributed by atoms with Crippen molar-refractivity contribution in [2.24, 2.45) is 0 Å². The van der Waals surface area contributed by atoms with Gasteiger partial charge in [-0.15, -0.1) is 0 Å². The highest BCUT2D eigenvalue weighted by molar-refractivity contribution is 5.99. The molecule has 0 bridgehead atoms. The van der Waals surface area contributed by atoms with Gasteiger partial charge >= 0.3 is 0 Å². The Labute approximate surface area is 206 Å². The van der Waals surface area contributed by atoms with Crippen molar-refractivity contribution >= 4 is 12.0 Å². The van der Waals surface area contributed by atoms with Gasteiger partial charge in [0.05, 0.1) is 37.0 Å². The van der Waals surface area contributed by atoms with Gasteiger partial charge in [0.15, 0.2) is 17.5 Å². The van der Waals surface area contributed by atoms with Crippen LogP contribution in [-0.4, -0.2) is 44.7 Å². The van der Waals surface area contributed by atoms with Gasteiger partial charge in [0.1, 0.15) is 5.75 Å². The Hall–Kier alpha value is -3.59. The highest BCUT2D eigenvalue weighted by atomic mass is 19.2. The number of aryl methyl sites for hydroxylation is 1. The van der Waals surface area contributed by atoms with Crippen molar-refractivity contribution in [3.05, 3.63) is 82.7 Å². The van der Waals surface area contributed by atoms with Crippen LogP contribution in [0.3, 0.4) is 0 Å². The summed E-state index contributed by atoms with van der Waals surface area (Å²) in [6, 6.07) is 6.14. The number of imidazole rings is 1. The van der Waals surface area contributed by atoms with E-state index >= 15 is 0 Å². The number of hydrogen-bond acceptors (Lipinski definition) is 4. The maximum Gasteiger partial charge on any atom is 0.250 e. The number of fused-ring (bicyclic) bond motifs is 1. The van der Waals surface area contributed by atoms with Crippen LogP contribution >= 0.6 is 0 Å². The van der Waals surface area contributed by atoms with Crippen LogP contribution in [0.25, 0.3) is 11.8 Å². The smallest absolute Gasteiger partial charge is 0.250 e. The molecule has 3 aromatic rings. The Balaban J connectivity index is 1.48. The molecular formula is C27H26F3N3O3. The number of carbonyl (C=O) groups excluding carboxylic acids is 1. The molecule has 0 saturated carbocycles. The molecule has 0 spiro atoms. The number of aromatic nitrogens is 2. The summed E-state index contributed by atoms with van der Waals surface area (Å²) in [7, 11) is 1.57. The van der Waals surface area contributed by atoms with E-state index in [-0.39, 0.29) is 17.5 Å². The molecule has 1 N–H and O–H groups in total. The number of methoxy groups -OCH3 is 1. The van der Waals surface area contributed by atoms with Gasteiger partial charge in [0.2, 0.25) is 0 Å². The minimum Gasteiger partial charge on any atom is -0.495 e. The van der Waals surface area contributed by atoms with Crippen molar-refractivity contribution in [2.75, 3.05) is 7.11 Å². The second-order valence-corrected chi connectivity index (χ2v) is 9.32. The third kappa shape index (κ3) is 4.28. The lowest BCUT2D eigenvalue weighted by molar-refractivity contribution is -0.142. The number of halogens is 3. The van der Waals surface area contributed by atoms with Crippen molar-refractivity contribution in [3.8, 4) is 11.4 Å². The molecule has 2 saturated heterocycles. The third-order valence-corrected chi connectivity index (χ3v) is 6.99. The standard InChI is InChI=1S/C27H26F3N3O3/c1-15-13-32(14-31-15)22-7-3-16(10-24(22)36-2)9-17-4-5-19-6-8-23(34)26(33(19)27(17)35)18-11-20(28)25(30)21(29)12-18/h3,7,9-14,19,23,26,34H,4-6,8H2,1-2H3/b17-9+/t19-,23-,26-/m0/s1. The second-order valence-electron chi connectivity index (χ2n) is 9.32. The van der Waals surface area contributed by atoms with Crippen molar-refractivity contribution < 1.29 is 27.8 Å². The van der Waals surface area contributed by atoms with Gasteiger partial charge in [-0.2, -0.15) is 0 Å². The number of aliphatic hydroxyl groups excluding tert-OH is 1. The summed E-state index contributed by atoms with van der Waals surface area (Å²) in [5.41, 5.74) is 2.98. The molecule has 2 aliphatic heterocycles. The van der Waals surface area contributed by atoms with E-state index in [1.165, 1.54) is 4.90 Å². The molecule has 2 aliphatic rings. The first-order valence-electron chi connectivity index (χ1n) is 11.8. The number of ether oxygens (including phenoxy) is 1. The second kappa shape index (κ2) is 9.46. The molecule has 2 fully saturated rings. The molecule has 188 valence electrons. The van der Waals surface area contributed by atoms with E-state index in [2.05, 4.69) is 4.98 Å². The lowest BCUT2D eigenvalue weighted by Crippen LogP contribution is -2.53. The number of nitrogens with zero attached hydrogens (tertiary/aromatic N) is 3. The summed E-state index contributed by atoms with van der Waals surface area (Å²) in [5, 5.41) is 10.7. The Morgan fingerprint density at radius 3 is 2.53 bits per heavy atom. The Morgan fingerprint density at radius 2 is 1.86 bits per heavy atom. The fourth-order valence-corrected chi connectivity index (χ4v) is 5.26. The molecule has 2 aromatic carbocycles. The fourth-order valence-electron chi connectivity index (χ4n) is 5.26. The summed E-state index contributed by atoms with van der Waals surface area (Å²) >= 11 is 0. The first-order valence-corrected chi connectivity index (χ1v) is 11.8. The maximum atomic E-state index is 14.0. The molecule has 6 nitrogen and oxygen atoms in total. The quantitative estimate of drug-likeness (QED) is 0.412. The van der Waals surface area contributed by atoms with Gasteiger partial charge in [0, 0.05) is 17.8 Å². The lowest BCUT2D eigenvalue weighted by atomic mass is 9.82. The first-order chi connectivity index (χ1) is 17.3. The topological polar surface area (TPSA) is 67.6 Å². The molecule has 5 rings (SSSR count). The number of amides is 1. The van der Waals surface area contributed by atoms with Crippen molar-refractivity contribution in [1.82, 2.24) is 14.5 Å². The van der Waals surface area contributed by atoms with Crippen molar-refractivity contribution in [2.45, 2.75) is 50.8 Å². The maximum absolute atomic E-state index is 14.0. The molecule has 0 radical (unpaired) electrons. The van der Waals surface area contributed by atoms with Crippen LogP contribution in [0.1, 0.15) is 48.5 Å². The number of aliphatic hydroxyl groups is 1. The van der Waals surface area contributed by atoms with Crippen LogP contribution < -0.4 is 4.74 Å². The largest absolute Gasteiger partial charge is 0.495 e. The van der Waals surface area contributed by atoms with E-state index in [0.29, 0.717) is 37.0 Å². The van der Waals surface area contributed by atoms with Crippen molar-refractivity contribution in [1.29, 1.82) is 0 Å².